The third-order valence-corrected chi connectivity index (χ3v) is 3.67. The molecule has 5 heteroatoms. The van der Waals surface area contributed by atoms with E-state index in [9.17, 15) is 9.18 Å². The lowest BCUT2D eigenvalue weighted by molar-refractivity contribution is 0.0287. The number of hydrogen-bond donors (Lipinski definition) is 1. The van der Waals surface area contributed by atoms with Crippen molar-refractivity contribution in [2.24, 2.45) is 11.7 Å². The first-order valence-electron chi connectivity index (χ1n) is 7.23. The van der Waals surface area contributed by atoms with E-state index in [1.165, 1.54) is 12.1 Å². The van der Waals surface area contributed by atoms with E-state index in [-0.39, 0.29) is 23.7 Å². The van der Waals surface area contributed by atoms with Crippen LogP contribution in [-0.4, -0.2) is 36.2 Å². The topological polar surface area (TPSA) is 55.6 Å². The van der Waals surface area contributed by atoms with Crippen molar-refractivity contribution in [3.05, 3.63) is 35.6 Å². The van der Waals surface area contributed by atoms with E-state index in [1.54, 1.807) is 11.0 Å². The van der Waals surface area contributed by atoms with Crippen LogP contribution in [0.2, 0.25) is 0 Å². The van der Waals surface area contributed by atoms with E-state index in [2.05, 4.69) is 0 Å². The minimum atomic E-state index is -0.522. The van der Waals surface area contributed by atoms with Crippen LogP contribution in [0.5, 0.6) is 0 Å². The second-order valence-corrected chi connectivity index (χ2v) is 6.54. The van der Waals surface area contributed by atoms with Crippen LogP contribution in [0, 0.1) is 11.7 Å². The molecule has 0 spiro atoms. The Kier molecular flexibility index (Phi) is 4.52. The maximum atomic E-state index is 13.4. The molecule has 1 fully saturated rings. The summed E-state index contributed by atoms with van der Waals surface area (Å²) in [6.07, 6.45) is -0.333. The van der Waals surface area contributed by atoms with E-state index in [0.29, 0.717) is 19.6 Å². The molecule has 2 N–H and O–H groups in total. The number of carbonyl (C=O) groups is 1. The van der Waals surface area contributed by atoms with Crippen LogP contribution in [0.4, 0.5) is 9.18 Å². The van der Waals surface area contributed by atoms with Gasteiger partial charge in [0.1, 0.15) is 11.4 Å². The SMILES string of the molecule is CC(C)(C)OC(=O)N1C[C@H](CN)[C@@H](c2cccc(F)c2)C1. The highest BCUT2D eigenvalue weighted by Crippen LogP contribution is 2.33. The smallest absolute Gasteiger partial charge is 0.410 e. The summed E-state index contributed by atoms with van der Waals surface area (Å²) in [5.74, 6) is -0.0865. The van der Waals surface area contributed by atoms with E-state index in [0.717, 1.165) is 5.56 Å². The Morgan fingerprint density at radius 1 is 1.43 bits per heavy atom. The lowest BCUT2D eigenvalue weighted by Crippen LogP contribution is -2.35. The first kappa shape index (κ1) is 15.8. The Balaban J connectivity index is 2.12. The number of nitrogens with two attached hydrogens (primary N) is 1. The summed E-state index contributed by atoms with van der Waals surface area (Å²) >= 11 is 0. The van der Waals surface area contributed by atoms with Crippen LogP contribution in [0.1, 0.15) is 32.3 Å². The number of hydrogen-bond acceptors (Lipinski definition) is 3. The van der Waals surface area contributed by atoms with E-state index < -0.39 is 5.60 Å². The maximum Gasteiger partial charge on any atom is 0.410 e. The molecule has 2 rings (SSSR count). The fourth-order valence-corrected chi connectivity index (χ4v) is 2.70. The van der Waals surface area contributed by atoms with Crippen molar-refractivity contribution in [2.45, 2.75) is 32.3 Å². The highest BCUT2D eigenvalue weighted by atomic mass is 19.1. The summed E-state index contributed by atoms with van der Waals surface area (Å²) < 4.78 is 18.8. The molecule has 1 aliphatic rings. The molecule has 1 amide bonds. The van der Waals surface area contributed by atoms with Gasteiger partial charge in [-0.1, -0.05) is 12.1 Å². The van der Waals surface area contributed by atoms with Gasteiger partial charge in [-0.05, 0) is 50.9 Å². The Morgan fingerprint density at radius 3 is 2.71 bits per heavy atom. The summed E-state index contributed by atoms with van der Waals surface area (Å²) in [6.45, 7) is 7.04. The number of ether oxygens (including phenoxy) is 1. The fraction of sp³-hybridized carbons (Fsp3) is 0.562. The van der Waals surface area contributed by atoms with E-state index in [4.69, 9.17) is 10.5 Å². The van der Waals surface area contributed by atoms with Crippen molar-refractivity contribution < 1.29 is 13.9 Å². The monoisotopic (exact) mass is 294 g/mol. The first-order chi connectivity index (χ1) is 9.80. The van der Waals surface area contributed by atoms with Crippen molar-refractivity contribution in [3.63, 3.8) is 0 Å². The Hall–Kier alpha value is -1.62. The van der Waals surface area contributed by atoms with Crippen LogP contribution in [0.3, 0.4) is 0 Å². The van der Waals surface area contributed by atoms with Gasteiger partial charge in [0.15, 0.2) is 0 Å². The zero-order valence-electron chi connectivity index (χ0n) is 12.8. The van der Waals surface area contributed by atoms with Crippen molar-refractivity contribution in [1.29, 1.82) is 0 Å². The Labute approximate surface area is 125 Å². The molecular formula is C16H23FN2O2. The minimum absolute atomic E-state index is 0.0539. The number of halogens is 1. The number of likely N-dealkylation sites (tertiary alicyclic amines) is 1. The third kappa shape index (κ3) is 3.94. The van der Waals surface area contributed by atoms with E-state index >= 15 is 0 Å². The van der Waals surface area contributed by atoms with Gasteiger partial charge in [0.2, 0.25) is 0 Å². The summed E-state index contributed by atoms with van der Waals surface area (Å²) in [4.78, 5) is 13.8. The van der Waals surface area contributed by atoms with Crippen LogP contribution < -0.4 is 5.73 Å². The second kappa shape index (κ2) is 6.02. The molecule has 0 bridgehead atoms. The predicted octanol–water partition coefficient (Wildman–Crippen LogP) is 2.73. The molecule has 1 saturated heterocycles. The third-order valence-electron chi connectivity index (χ3n) is 3.67. The summed E-state index contributed by atoms with van der Waals surface area (Å²) in [7, 11) is 0. The van der Waals surface area contributed by atoms with Gasteiger partial charge in [-0.15, -0.1) is 0 Å². The maximum absolute atomic E-state index is 13.4. The standard InChI is InChI=1S/C16H23FN2O2/c1-16(2,3)21-15(20)19-9-12(8-18)14(10-19)11-5-4-6-13(17)7-11/h4-7,12,14H,8-10,18H2,1-3H3/t12-,14+/m0/s1. The van der Waals surface area contributed by atoms with Gasteiger partial charge >= 0.3 is 6.09 Å². The highest BCUT2D eigenvalue weighted by molar-refractivity contribution is 5.68. The summed E-state index contributed by atoms with van der Waals surface area (Å²) in [5.41, 5.74) is 6.18. The quantitative estimate of drug-likeness (QED) is 0.912. The normalized spacial score (nSPS) is 22.4. The Morgan fingerprint density at radius 2 is 2.14 bits per heavy atom. The van der Waals surface area contributed by atoms with Crippen molar-refractivity contribution in [2.75, 3.05) is 19.6 Å². The van der Waals surface area contributed by atoms with Crippen LogP contribution in [-0.2, 0) is 4.74 Å². The molecule has 0 aliphatic carbocycles. The molecule has 0 unspecified atom stereocenters. The summed E-state index contributed by atoms with van der Waals surface area (Å²) in [5, 5.41) is 0. The summed E-state index contributed by atoms with van der Waals surface area (Å²) in [6, 6.07) is 6.51. The number of rotatable bonds is 2. The molecule has 0 aromatic heterocycles. The van der Waals surface area contributed by atoms with E-state index in [1.807, 2.05) is 26.8 Å². The predicted molar refractivity (Wildman–Crippen MR) is 79.5 cm³/mol. The van der Waals surface area contributed by atoms with Crippen molar-refractivity contribution >= 4 is 6.09 Å². The van der Waals surface area contributed by atoms with Crippen LogP contribution in [0.15, 0.2) is 24.3 Å². The van der Waals surface area contributed by atoms with Gasteiger partial charge < -0.3 is 15.4 Å². The molecular weight excluding hydrogens is 271 g/mol. The number of nitrogens with zero attached hydrogens (tertiary/aromatic N) is 1. The molecule has 1 aromatic rings. The minimum Gasteiger partial charge on any atom is -0.444 e. The average molecular weight is 294 g/mol. The zero-order valence-corrected chi connectivity index (χ0v) is 12.8. The fourth-order valence-electron chi connectivity index (χ4n) is 2.70. The Bertz CT molecular complexity index is 513. The van der Waals surface area contributed by atoms with Crippen molar-refractivity contribution in [3.8, 4) is 0 Å². The largest absolute Gasteiger partial charge is 0.444 e. The average Bonchev–Trinajstić information content (AvgIpc) is 2.81. The van der Waals surface area contributed by atoms with Gasteiger partial charge in [0.25, 0.3) is 0 Å². The van der Waals surface area contributed by atoms with Gasteiger partial charge in [-0.3, -0.25) is 0 Å². The molecule has 1 aromatic carbocycles. The van der Waals surface area contributed by atoms with Gasteiger partial charge in [-0.25, -0.2) is 9.18 Å². The molecule has 116 valence electrons. The molecule has 0 radical (unpaired) electrons. The zero-order chi connectivity index (χ0) is 15.6. The molecule has 2 atom stereocenters. The van der Waals surface area contributed by atoms with Crippen LogP contribution >= 0.6 is 0 Å². The van der Waals surface area contributed by atoms with Gasteiger partial charge in [-0.2, -0.15) is 0 Å². The molecule has 4 nitrogen and oxygen atoms in total. The highest BCUT2D eigenvalue weighted by Gasteiger charge is 2.37. The van der Waals surface area contributed by atoms with Gasteiger partial charge in [0, 0.05) is 19.0 Å². The van der Waals surface area contributed by atoms with Crippen LogP contribution in [0.25, 0.3) is 0 Å². The molecule has 1 aliphatic heterocycles. The molecule has 21 heavy (non-hydrogen) atoms. The lowest BCUT2D eigenvalue weighted by Gasteiger charge is -2.24. The number of carbonyl (C=O) groups excluding carboxylic acids is 1. The number of amides is 1. The molecule has 0 saturated carbocycles. The second-order valence-electron chi connectivity index (χ2n) is 6.54. The lowest BCUT2D eigenvalue weighted by atomic mass is 9.89. The first-order valence-corrected chi connectivity index (χ1v) is 7.23. The molecule has 1 heterocycles. The van der Waals surface area contributed by atoms with Gasteiger partial charge in [0.05, 0.1) is 0 Å². The number of benzene rings is 1. The van der Waals surface area contributed by atoms with Crippen molar-refractivity contribution in [1.82, 2.24) is 4.90 Å².